The van der Waals surface area contributed by atoms with Gasteiger partial charge in [-0.2, -0.15) is 23.3 Å². The van der Waals surface area contributed by atoms with Crippen molar-refractivity contribution in [2.24, 2.45) is 6.98 Å². The Morgan fingerprint density at radius 3 is 2.88 bits per heavy atom. The van der Waals surface area contributed by atoms with Crippen LogP contribution in [0, 0.1) is 0 Å². The van der Waals surface area contributed by atoms with Gasteiger partial charge in [-0.3, -0.25) is 4.68 Å². The molecule has 1 unspecified atom stereocenters. The van der Waals surface area contributed by atoms with Gasteiger partial charge in [0.1, 0.15) is 22.8 Å². The molecule has 0 bridgehead atoms. The highest BCUT2D eigenvalue weighted by Gasteiger charge is 2.36. The molecule has 0 spiro atoms. The van der Waals surface area contributed by atoms with E-state index in [4.69, 9.17) is 8.85 Å². The number of anilines is 3. The van der Waals surface area contributed by atoms with E-state index in [-0.39, 0.29) is 18.3 Å². The van der Waals surface area contributed by atoms with Gasteiger partial charge in [0.15, 0.2) is 0 Å². The van der Waals surface area contributed by atoms with Gasteiger partial charge >= 0.3 is 6.18 Å². The number of hydrogen-bond acceptors (Lipinski definition) is 6. The van der Waals surface area contributed by atoms with Crippen LogP contribution < -0.4 is 10.6 Å². The van der Waals surface area contributed by atoms with Crippen LogP contribution in [-0.4, -0.2) is 32.9 Å². The molecule has 0 aromatic carbocycles. The Morgan fingerprint density at radius 1 is 1.46 bits per heavy atom. The van der Waals surface area contributed by atoms with Crippen molar-refractivity contribution < 1.29 is 22.0 Å². The highest BCUT2D eigenvalue weighted by molar-refractivity contribution is 5.54. The molecule has 0 saturated carbocycles. The Labute approximate surface area is 153 Å². The summed E-state index contributed by atoms with van der Waals surface area (Å²) in [6.45, 7) is 1.58. The van der Waals surface area contributed by atoms with Gasteiger partial charge in [0, 0.05) is 36.5 Å². The van der Waals surface area contributed by atoms with Crippen LogP contribution in [0.4, 0.5) is 30.8 Å². The van der Waals surface area contributed by atoms with Crippen LogP contribution in [-0.2, 0) is 23.5 Å². The Hall–Kier alpha value is -2.36. The standard InChI is InChI=1S/C16H21F3N6O/c1-4-20-13-10(16(17,18)19)9-21-14(23-13)22-12-8-11(24-25(12)3)15(2)6-5-7-26-15/h8-9H,4-7H2,1-3H3,(H2,20,21,22,23)/i3D3. The molecule has 1 atom stereocenters. The van der Waals surface area contributed by atoms with E-state index >= 15 is 0 Å². The minimum atomic E-state index is -4.63. The second kappa shape index (κ2) is 6.75. The van der Waals surface area contributed by atoms with Crippen molar-refractivity contribution in [3.05, 3.63) is 23.5 Å². The fourth-order valence-electron chi connectivity index (χ4n) is 2.78. The summed E-state index contributed by atoms with van der Waals surface area (Å²) in [5.41, 5.74) is -1.34. The lowest BCUT2D eigenvalue weighted by Crippen LogP contribution is -2.20. The molecule has 3 rings (SSSR count). The number of rotatable bonds is 5. The third kappa shape index (κ3) is 3.59. The summed E-state index contributed by atoms with van der Waals surface area (Å²) >= 11 is 0. The van der Waals surface area contributed by atoms with Crippen LogP contribution in [0.2, 0.25) is 0 Å². The van der Waals surface area contributed by atoms with E-state index in [0.29, 0.717) is 24.9 Å². The number of alkyl halides is 3. The molecule has 26 heavy (non-hydrogen) atoms. The summed E-state index contributed by atoms with van der Waals surface area (Å²) in [5.74, 6) is -0.564. The van der Waals surface area contributed by atoms with Gasteiger partial charge in [0.25, 0.3) is 0 Å². The van der Waals surface area contributed by atoms with Crippen molar-refractivity contribution in [3.8, 4) is 0 Å². The van der Waals surface area contributed by atoms with Gasteiger partial charge in [-0.1, -0.05) is 0 Å². The van der Waals surface area contributed by atoms with E-state index in [9.17, 15) is 13.2 Å². The van der Waals surface area contributed by atoms with Crippen LogP contribution in [0.25, 0.3) is 0 Å². The maximum atomic E-state index is 13.1. The molecular weight excluding hydrogens is 349 g/mol. The van der Waals surface area contributed by atoms with Crippen LogP contribution in [0.1, 0.15) is 42.1 Å². The highest BCUT2D eigenvalue weighted by atomic mass is 19.4. The summed E-state index contributed by atoms with van der Waals surface area (Å²) in [5, 5.41) is 9.38. The molecular formula is C16H21F3N6O. The molecule has 10 heteroatoms. The average Bonchev–Trinajstić information content (AvgIpc) is 3.21. The molecule has 1 saturated heterocycles. The number of aryl methyl sites for hydroxylation is 1. The van der Waals surface area contributed by atoms with E-state index in [1.165, 1.54) is 6.07 Å². The zero-order chi connectivity index (χ0) is 21.4. The van der Waals surface area contributed by atoms with E-state index in [1.54, 1.807) is 6.92 Å². The van der Waals surface area contributed by atoms with Gasteiger partial charge in [-0.25, -0.2) is 4.98 Å². The van der Waals surface area contributed by atoms with Crippen LogP contribution in [0.15, 0.2) is 12.3 Å². The second-order valence-corrected chi connectivity index (χ2v) is 6.12. The van der Waals surface area contributed by atoms with Gasteiger partial charge in [-0.15, -0.1) is 0 Å². The Morgan fingerprint density at radius 2 is 2.27 bits per heavy atom. The van der Waals surface area contributed by atoms with Crippen LogP contribution in [0.5, 0.6) is 0 Å². The molecule has 2 aromatic rings. The maximum absolute atomic E-state index is 13.1. The normalized spacial score (nSPS) is 22.6. The molecule has 1 aliphatic rings. The first-order valence-corrected chi connectivity index (χ1v) is 8.14. The van der Waals surface area contributed by atoms with Gasteiger partial charge in [0.05, 0.1) is 5.69 Å². The van der Waals surface area contributed by atoms with Crippen LogP contribution >= 0.6 is 0 Å². The Balaban J connectivity index is 1.99. The predicted octanol–water partition coefficient (Wildman–Crippen LogP) is 3.43. The van der Waals surface area contributed by atoms with Gasteiger partial charge < -0.3 is 15.4 Å². The van der Waals surface area contributed by atoms with Gasteiger partial charge in [0.2, 0.25) is 5.95 Å². The zero-order valence-corrected chi connectivity index (χ0v) is 14.3. The lowest BCUT2D eigenvalue weighted by molar-refractivity contribution is -0.137. The monoisotopic (exact) mass is 373 g/mol. The van der Waals surface area contributed by atoms with Crippen molar-refractivity contribution >= 4 is 17.6 Å². The van der Waals surface area contributed by atoms with Crippen molar-refractivity contribution in [1.29, 1.82) is 0 Å². The quantitative estimate of drug-likeness (QED) is 0.836. The minimum absolute atomic E-state index is 0.0268. The molecule has 2 N–H and O–H groups in total. The summed E-state index contributed by atoms with van der Waals surface area (Å²) in [6.07, 6.45) is -2.50. The van der Waals surface area contributed by atoms with Crippen molar-refractivity contribution in [3.63, 3.8) is 0 Å². The topological polar surface area (TPSA) is 76.9 Å². The van der Waals surface area contributed by atoms with E-state index in [0.717, 1.165) is 11.1 Å². The fourth-order valence-corrected chi connectivity index (χ4v) is 2.78. The first-order valence-electron chi connectivity index (χ1n) is 9.64. The maximum Gasteiger partial charge on any atom is 0.421 e. The Bertz CT molecular complexity index is 878. The molecule has 0 amide bonds. The van der Waals surface area contributed by atoms with Crippen LogP contribution in [0.3, 0.4) is 0 Å². The average molecular weight is 373 g/mol. The van der Waals surface area contributed by atoms with E-state index in [1.807, 2.05) is 6.92 Å². The minimum Gasteiger partial charge on any atom is -0.370 e. The smallest absolute Gasteiger partial charge is 0.370 e. The van der Waals surface area contributed by atoms with Crippen molar-refractivity contribution in [2.75, 3.05) is 23.8 Å². The number of nitrogens with one attached hydrogen (secondary N) is 2. The summed E-state index contributed by atoms with van der Waals surface area (Å²) in [6, 6.07) is 1.49. The molecule has 0 aliphatic carbocycles. The first kappa shape index (κ1) is 14.8. The number of aromatic nitrogens is 4. The lowest BCUT2D eigenvalue weighted by atomic mass is 9.99. The Kier molecular flexibility index (Phi) is 3.83. The van der Waals surface area contributed by atoms with E-state index < -0.39 is 30.1 Å². The summed E-state index contributed by atoms with van der Waals surface area (Å²) in [7, 11) is 0. The molecule has 2 aromatic heterocycles. The molecule has 7 nitrogen and oxygen atoms in total. The van der Waals surface area contributed by atoms with Crippen molar-refractivity contribution in [1.82, 2.24) is 19.7 Å². The number of hydrogen-bond donors (Lipinski definition) is 2. The number of ether oxygens (including phenoxy) is 1. The third-order valence-corrected chi connectivity index (χ3v) is 4.15. The largest absolute Gasteiger partial charge is 0.421 e. The highest BCUT2D eigenvalue weighted by Crippen LogP contribution is 2.36. The summed E-state index contributed by atoms with van der Waals surface area (Å²) in [4.78, 5) is 7.55. The SMILES string of the molecule is [2H]C([2H])([2H])n1nc(C2(C)CCCO2)cc1Nc1ncc(C(F)(F)F)c(NCC)n1. The zero-order valence-electron chi connectivity index (χ0n) is 17.3. The summed E-state index contributed by atoms with van der Waals surface area (Å²) < 4.78 is 69.0. The number of halogens is 3. The molecule has 3 heterocycles. The third-order valence-electron chi connectivity index (χ3n) is 4.15. The van der Waals surface area contributed by atoms with Crippen molar-refractivity contribution in [2.45, 2.75) is 38.5 Å². The lowest BCUT2D eigenvalue weighted by Gasteiger charge is -2.19. The molecule has 1 aliphatic heterocycles. The molecule has 1 fully saturated rings. The molecule has 142 valence electrons. The number of nitrogens with zero attached hydrogens (tertiary/aromatic N) is 4. The van der Waals surface area contributed by atoms with E-state index in [2.05, 4.69) is 25.7 Å². The predicted molar refractivity (Wildman–Crippen MR) is 90.2 cm³/mol. The molecule has 0 radical (unpaired) electrons. The first-order chi connectivity index (χ1) is 13.4. The second-order valence-electron chi connectivity index (χ2n) is 6.12. The van der Waals surface area contributed by atoms with Gasteiger partial charge in [-0.05, 0) is 26.7 Å². The fraction of sp³-hybridized carbons (Fsp3) is 0.562.